The highest BCUT2D eigenvalue weighted by molar-refractivity contribution is 7.91. The van der Waals surface area contributed by atoms with E-state index < -0.39 is 10.0 Å². The van der Waals surface area contributed by atoms with Gasteiger partial charge in [-0.3, -0.25) is 0 Å². The van der Waals surface area contributed by atoms with Crippen LogP contribution in [0.4, 0.5) is 4.79 Å². The van der Waals surface area contributed by atoms with Crippen molar-refractivity contribution in [3.8, 4) is 0 Å². The molecule has 0 aromatic carbocycles. The molecule has 1 aromatic rings. The first-order chi connectivity index (χ1) is 11.0. The fourth-order valence-electron chi connectivity index (χ4n) is 3.72. The lowest BCUT2D eigenvalue weighted by molar-refractivity contribution is 0.135. The van der Waals surface area contributed by atoms with E-state index >= 15 is 0 Å². The topological polar surface area (TPSA) is 69.7 Å². The van der Waals surface area contributed by atoms with Crippen molar-refractivity contribution in [2.45, 2.75) is 43.0 Å². The van der Waals surface area contributed by atoms with Crippen molar-refractivity contribution in [2.75, 3.05) is 19.6 Å². The number of thiophene rings is 1. The average molecular weight is 358 g/mol. The summed E-state index contributed by atoms with van der Waals surface area (Å²) in [7, 11) is -3.49. The van der Waals surface area contributed by atoms with Crippen LogP contribution in [0.5, 0.6) is 0 Å². The van der Waals surface area contributed by atoms with Crippen molar-refractivity contribution < 1.29 is 13.2 Å². The van der Waals surface area contributed by atoms with E-state index in [1.807, 2.05) is 18.7 Å². The van der Waals surface area contributed by atoms with E-state index in [2.05, 4.69) is 4.72 Å². The quantitative estimate of drug-likeness (QED) is 0.876. The van der Waals surface area contributed by atoms with Crippen LogP contribution in [-0.2, 0) is 10.0 Å². The molecule has 2 heterocycles. The summed E-state index contributed by atoms with van der Waals surface area (Å²) >= 11 is 1.21. The third kappa shape index (κ3) is 3.12. The maximum absolute atomic E-state index is 12.6. The fourth-order valence-corrected chi connectivity index (χ4v) is 6.01. The summed E-state index contributed by atoms with van der Waals surface area (Å²) in [5.74, 6) is 0.399. The molecule has 1 saturated heterocycles. The molecular formula is C15H23N3O3S2. The summed E-state index contributed by atoms with van der Waals surface area (Å²) in [6.07, 6.45) is 1.71. The monoisotopic (exact) mass is 357 g/mol. The Kier molecular flexibility index (Phi) is 4.66. The van der Waals surface area contributed by atoms with Crippen LogP contribution < -0.4 is 4.72 Å². The first-order valence-corrected chi connectivity index (χ1v) is 10.4. The van der Waals surface area contributed by atoms with E-state index in [1.54, 1.807) is 22.4 Å². The molecule has 8 heteroatoms. The van der Waals surface area contributed by atoms with Crippen LogP contribution in [0.25, 0.3) is 0 Å². The van der Waals surface area contributed by atoms with Crippen molar-refractivity contribution in [2.24, 2.45) is 5.92 Å². The summed E-state index contributed by atoms with van der Waals surface area (Å²) in [5.41, 5.74) is 0. The van der Waals surface area contributed by atoms with Crippen LogP contribution in [0.2, 0.25) is 0 Å². The van der Waals surface area contributed by atoms with Gasteiger partial charge in [-0.15, -0.1) is 11.3 Å². The average Bonchev–Trinajstić information content (AvgIpc) is 3.24. The lowest BCUT2D eigenvalue weighted by atomic mass is 10.1. The van der Waals surface area contributed by atoms with Gasteiger partial charge in [0.25, 0.3) is 0 Å². The molecule has 1 aromatic heterocycles. The predicted molar refractivity (Wildman–Crippen MR) is 90.0 cm³/mol. The molecule has 2 amide bonds. The molecule has 1 aliphatic heterocycles. The highest BCUT2D eigenvalue weighted by atomic mass is 32.2. The summed E-state index contributed by atoms with van der Waals surface area (Å²) < 4.78 is 28.0. The second kappa shape index (κ2) is 6.41. The molecular weight excluding hydrogens is 334 g/mol. The Morgan fingerprint density at radius 2 is 2.13 bits per heavy atom. The Hall–Kier alpha value is -1.12. The number of hydrogen-bond acceptors (Lipinski definition) is 4. The first kappa shape index (κ1) is 16.7. The number of amides is 2. The van der Waals surface area contributed by atoms with E-state index in [-0.39, 0.29) is 18.1 Å². The maximum atomic E-state index is 12.6. The van der Waals surface area contributed by atoms with Gasteiger partial charge in [0.1, 0.15) is 4.21 Å². The van der Waals surface area contributed by atoms with Crippen molar-refractivity contribution in [1.82, 2.24) is 14.5 Å². The third-order valence-electron chi connectivity index (χ3n) is 4.83. The van der Waals surface area contributed by atoms with Gasteiger partial charge in [0, 0.05) is 25.7 Å². The number of hydrogen-bond donors (Lipinski definition) is 1. The Labute approximate surface area is 141 Å². The Balaban J connectivity index is 1.73. The number of fused-ring (bicyclic) bond motifs is 2. The molecule has 3 unspecified atom stereocenters. The lowest BCUT2D eigenvalue weighted by Crippen LogP contribution is -2.55. The largest absolute Gasteiger partial charge is 0.325 e. The number of carbonyl (C=O) groups is 1. The van der Waals surface area contributed by atoms with E-state index in [1.165, 1.54) is 11.3 Å². The second-order valence-electron chi connectivity index (χ2n) is 6.17. The van der Waals surface area contributed by atoms with Gasteiger partial charge in [-0.2, -0.15) is 0 Å². The molecule has 23 heavy (non-hydrogen) atoms. The Morgan fingerprint density at radius 1 is 1.39 bits per heavy atom. The number of likely N-dealkylation sites (tertiary alicyclic amines) is 1. The summed E-state index contributed by atoms with van der Waals surface area (Å²) in [6.45, 7) is 6.03. The second-order valence-corrected chi connectivity index (χ2v) is 9.06. The van der Waals surface area contributed by atoms with E-state index in [0.717, 1.165) is 19.4 Å². The molecule has 1 saturated carbocycles. The number of sulfonamides is 1. The number of carbonyl (C=O) groups excluding carboxylic acids is 1. The van der Waals surface area contributed by atoms with Crippen LogP contribution in [0, 0.1) is 5.92 Å². The number of rotatable bonds is 5. The van der Waals surface area contributed by atoms with Gasteiger partial charge in [0.15, 0.2) is 0 Å². The molecule has 3 atom stereocenters. The third-order valence-corrected chi connectivity index (χ3v) is 7.72. The number of piperidine rings is 1. The molecule has 1 aliphatic carbocycles. The highest BCUT2D eigenvalue weighted by Crippen LogP contribution is 2.39. The minimum absolute atomic E-state index is 0.0252. The van der Waals surface area contributed by atoms with Gasteiger partial charge in [0.05, 0.1) is 6.04 Å². The SMILES string of the molecule is CCN(CC)C(=O)N1CC2CC(NS(=O)(=O)c3cccs3)C1C2. The molecule has 3 rings (SSSR count). The predicted octanol–water partition coefficient (Wildman–Crippen LogP) is 1.95. The molecule has 2 bridgehead atoms. The van der Waals surface area contributed by atoms with E-state index in [4.69, 9.17) is 0 Å². The van der Waals surface area contributed by atoms with Crippen LogP contribution >= 0.6 is 11.3 Å². The van der Waals surface area contributed by atoms with Crippen molar-refractivity contribution in [3.05, 3.63) is 17.5 Å². The highest BCUT2D eigenvalue weighted by Gasteiger charge is 2.48. The molecule has 1 N–H and O–H groups in total. The molecule has 0 spiro atoms. The zero-order valence-electron chi connectivity index (χ0n) is 13.4. The zero-order valence-corrected chi connectivity index (χ0v) is 15.1. The van der Waals surface area contributed by atoms with E-state index in [9.17, 15) is 13.2 Å². The molecule has 0 radical (unpaired) electrons. The Morgan fingerprint density at radius 3 is 2.70 bits per heavy atom. The number of nitrogens with zero attached hydrogens (tertiary/aromatic N) is 2. The van der Waals surface area contributed by atoms with Gasteiger partial charge < -0.3 is 9.80 Å². The van der Waals surface area contributed by atoms with Crippen molar-refractivity contribution in [3.63, 3.8) is 0 Å². The van der Waals surface area contributed by atoms with Crippen molar-refractivity contribution >= 4 is 27.4 Å². The van der Waals surface area contributed by atoms with Crippen LogP contribution in [0.1, 0.15) is 26.7 Å². The van der Waals surface area contributed by atoms with Gasteiger partial charge in [-0.25, -0.2) is 17.9 Å². The molecule has 6 nitrogen and oxygen atoms in total. The minimum Gasteiger partial charge on any atom is -0.325 e. The molecule has 128 valence electrons. The fraction of sp³-hybridized carbons (Fsp3) is 0.667. The Bertz CT molecular complexity index is 656. The van der Waals surface area contributed by atoms with Gasteiger partial charge in [0.2, 0.25) is 10.0 Å². The standard InChI is InChI=1S/C15H23N3O3S2/c1-3-17(4-2)15(19)18-10-11-8-12(13(18)9-11)16-23(20,21)14-6-5-7-22-14/h5-7,11-13,16H,3-4,8-10H2,1-2H3. The summed E-state index contributed by atoms with van der Waals surface area (Å²) in [6, 6.07) is 3.17. The number of nitrogens with one attached hydrogen (secondary N) is 1. The zero-order chi connectivity index (χ0) is 16.6. The van der Waals surface area contributed by atoms with Crippen LogP contribution in [-0.4, -0.2) is 56.0 Å². The molecule has 2 aliphatic rings. The van der Waals surface area contributed by atoms with Crippen molar-refractivity contribution in [1.29, 1.82) is 0 Å². The normalized spacial score (nSPS) is 26.7. The number of urea groups is 1. The van der Waals surface area contributed by atoms with Crippen LogP contribution in [0.3, 0.4) is 0 Å². The van der Waals surface area contributed by atoms with Gasteiger partial charge in [-0.05, 0) is 44.1 Å². The minimum atomic E-state index is -3.49. The van der Waals surface area contributed by atoms with Crippen LogP contribution in [0.15, 0.2) is 21.7 Å². The van der Waals surface area contributed by atoms with E-state index in [0.29, 0.717) is 23.2 Å². The first-order valence-electron chi connectivity index (χ1n) is 8.07. The maximum Gasteiger partial charge on any atom is 0.320 e. The summed E-state index contributed by atoms with van der Waals surface area (Å²) in [5, 5.41) is 1.76. The van der Waals surface area contributed by atoms with Gasteiger partial charge >= 0.3 is 6.03 Å². The van der Waals surface area contributed by atoms with Gasteiger partial charge in [-0.1, -0.05) is 6.07 Å². The molecule has 2 fully saturated rings. The summed E-state index contributed by atoms with van der Waals surface area (Å²) in [4.78, 5) is 16.3. The smallest absolute Gasteiger partial charge is 0.320 e. The lowest BCUT2D eigenvalue weighted by Gasteiger charge is -2.36.